The van der Waals surface area contributed by atoms with E-state index in [1.54, 1.807) is 0 Å². The van der Waals surface area contributed by atoms with E-state index in [4.69, 9.17) is 11.6 Å². The molecule has 0 radical (unpaired) electrons. The number of halogens is 12. The smallest absolute Gasteiger partial charge is 0.344 e. The molecule has 2 aliphatic carbocycles. The summed E-state index contributed by atoms with van der Waals surface area (Å²) in [7, 11) is -4.21. The first-order chi connectivity index (χ1) is 29.9. The van der Waals surface area contributed by atoms with Gasteiger partial charge in [0.25, 0.3) is 24.3 Å². The van der Waals surface area contributed by atoms with Crippen LogP contribution in [0, 0.1) is 17.6 Å². The average Bonchev–Trinajstić information content (AvgIpc) is 3.71. The fourth-order valence-electron chi connectivity index (χ4n) is 7.81. The number of alkyl halides is 9. The molecule has 2 aromatic carbocycles. The summed E-state index contributed by atoms with van der Waals surface area (Å²) >= 11 is 6.45. The van der Waals surface area contributed by atoms with Gasteiger partial charge in [0, 0.05) is 36.2 Å². The first kappa shape index (κ1) is 44.4. The molecule has 6 aromatic rings. The van der Waals surface area contributed by atoms with Crippen molar-refractivity contribution in [2.45, 2.75) is 62.8 Å². The molecule has 0 unspecified atom stereocenters. The summed E-state index contributed by atoms with van der Waals surface area (Å²) < 4.78 is 186. The lowest BCUT2D eigenvalue weighted by Crippen LogP contribution is -2.38. The molecular weight excluding hydrogens is 925 g/mol. The van der Waals surface area contributed by atoms with Gasteiger partial charge in [0.2, 0.25) is 15.9 Å². The number of hydrogen-bond acceptors (Lipinski definition) is 9. The van der Waals surface area contributed by atoms with E-state index in [1.165, 1.54) is 0 Å². The van der Waals surface area contributed by atoms with Crippen LogP contribution < -0.4 is 15.6 Å². The second-order valence-electron chi connectivity index (χ2n) is 14.8. The standard InChI is InChI=1S/C37H26ClF11N10O4S/c1-64(62,63)56-34-28-19(38)2-3-22(30(28)57(55-34)12-24(41)42)59-26(61)11-20(33-50-5-4-23(53-33)37(47,48)49)52-35(59)21(8-14-6-15(39)9-16(40)7-14)51-25(60)13-58-31-27(29(54-58)32(43)44)17-10-18(17)36(31,45)46/h2-7,9,11,17-18,21,24,32H,8,10,12-13H2,1H3,(H,51,60)(H,55,56)/t17-,18+,21-/m0/s1. The van der Waals surface area contributed by atoms with E-state index in [9.17, 15) is 57.5 Å². The van der Waals surface area contributed by atoms with E-state index < -0.39 is 152 Å². The predicted molar refractivity (Wildman–Crippen MR) is 202 cm³/mol. The van der Waals surface area contributed by atoms with Crippen molar-refractivity contribution >= 4 is 44.3 Å². The number of fused-ring (bicyclic) bond motifs is 4. The zero-order chi connectivity index (χ0) is 46.4. The van der Waals surface area contributed by atoms with Crippen molar-refractivity contribution in [3.63, 3.8) is 0 Å². The van der Waals surface area contributed by atoms with Crippen molar-refractivity contribution < 1.29 is 61.5 Å². The van der Waals surface area contributed by atoms with E-state index in [-0.39, 0.29) is 22.4 Å². The summed E-state index contributed by atoms with van der Waals surface area (Å²) in [6.07, 6.45) is -11.1. The maximum atomic E-state index is 15.5. The number of amides is 1. The van der Waals surface area contributed by atoms with Crippen LogP contribution in [-0.4, -0.2) is 66.1 Å². The van der Waals surface area contributed by atoms with E-state index in [0.717, 1.165) is 24.3 Å². The summed E-state index contributed by atoms with van der Waals surface area (Å²) in [5.74, 6) is -11.8. The zero-order valence-corrected chi connectivity index (χ0v) is 33.6. The van der Waals surface area contributed by atoms with Crippen molar-refractivity contribution in [1.29, 1.82) is 0 Å². The monoisotopic (exact) mass is 950 g/mol. The van der Waals surface area contributed by atoms with Gasteiger partial charge in [-0.15, -0.1) is 0 Å². The highest BCUT2D eigenvalue weighted by molar-refractivity contribution is 7.92. The van der Waals surface area contributed by atoms with Gasteiger partial charge < -0.3 is 5.32 Å². The Morgan fingerprint density at radius 2 is 1.70 bits per heavy atom. The fourth-order valence-corrected chi connectivity index (χ4v) is 8.54. The fraction of sp³-hybridized carbons (Fsp3) is 0.324. The average molecular weight is 951 g/mol. The van der Waals surface area contributed by atoms with Crippen LogP contribution in [0.15, 0.2) is 53.5 Å². The number of carbonyl (C=O) groups is 1. The minimum Gasteiger partial charge on any atom is -0.344 e. The van der Waals surface area contributed by atoms with Crippen LogP contribution in [0.2, 0.25) is 5.02 Å². The Morgan fingerprint density at radius 1 is 1.00 bits per heavy atom. The van der Waals surface area contributed by atoms with Gasteiger partial charge in [0.15, 0.2) is 11.6 Å². The van der Waals surface area contributed by atoms with Crippen LogP contribution in [0.4, 0.5) is 54.1 Å². The van der Waals surface area contributed by atoms with Crippen LogP contribution in [-0.2, 0) is 46.4 Å². The summed E-state index contributed by atoms with van der Waals surface area (Å²) in [4.78, 5) is 40.0. The predicted octanol–water partition coefficient (Wildman–Crippen LogP) is 7.07. The van der Waals surface area contributed by atoms with Gasteiger partial charge in [0.05, 0.1) is 33.9 Å². The molecule has 4 aromatic heterocycles. The second kappa shape index (κ2) is 15.8. The first-order valence-corrected chi connectivity index (χ1v) is 20.7. The summed E-state index contributed by atoms with van der Waals surface area (Å²) in [6, 6.07) is 3.29. The first-order valence-electron chi connectivity index (χ1n) is 18.4. The summed E-state index contributed by atoms with van der Waals surface area (Å²) in [5, 5.41) is 9.22. The highest BCUT2D eigenvalue weighted by Crippen LogP contribution is 2.68. The van der Waals surface area contributed by atoms with Crippen LogP contribution in [0.3, 0.4) is 0 Å². The Kier molecular flexibility index (Phi) is 11.0. The Labute approximate surface area is 356 Å². The molecule has 14 nitrogen and oxygen atoms in total. The van der Waals surface area contributed by atoms with E-state index in [2.05, 4.69) is 30.5 Å². The molecule has 1 saturated carbocycles. The third-order valence-corrected chi connectivity index (χ3v) is 11.1. The molecule has 1 amide bonds. The maximum Gasteiger partial charge on any atom is 0.433 e. The van der Waals surface area contributed by atoms with Crippen LogP contribution >= 0.6 is 11.6 Å². The lowest BCUT2D eigenvalue weighted by Gasteiger charge is -2.24. The summed E-state index contributed by atoms with van der Waals surface area (Å²) in [6.45, 7) is -2.47. The highest BCUT2D eigenvalue weighted by atomic mass is 35.5. The molecule has 4 heterocycles. The number of anilines is 1. The van der Waals surface area contributed by atoms with Gasteiger partial charge in [-0.3, -0.25) is 28.2 Å². The van der Waals surface area contributed by atoms with Crippen molar-refractivity contribution in [3.05, 3.63) is 110 Å². The lowest BCUT2D eigenvalue weighted by atomic mass is 10.0. The zero-order valence-electron chi connectivity index (χ0n) is 32.0. The normalized spacial score (nSPS) is 17.2. The molecule has 3 atom stereocenters. The molecule has 8 rings (SSSR count). The Balaban J connectivity index is 1.36. The van der Waals surface area contributed by atoms with Crippen molar-refractivity contribution in [2.24, 2.45) is 5.92 Å². The van der Waals surface area contributed by atoms with E-state index >= 15 is 8.78 Å². The highest BCUT2D eigenvalue weighted by Gasteiger charge is 2.67. The largest absolute Gasteiger partial charge is 0.433 e. The second-order valence-corrected chi connectivity index (χ2v) is 17.0. The number of benzene rings is 2. The number of carbonyl (C=O) groups excluding carboxylic acids is 1. The van der Waals surface area contributed by atoms with Gasteiger partial charge in [0.1, 0.15) is 53.3 Å². The van der Waals surface area contributed by atoms with Crippen LogP contribution in [0.1, 0.15) is 58.8 Å². The van der Waals surface area contributed by atoms with Crippen LogP contribution in [0.25, 0.3) is 28.1 Å². The molecule has 27 heteroatoms. The third-order valence-electron chi connectivity index (χ3n) is 10.2. The molecule has 0 bridgehead atoms. The molecule has 1 fully saturated rings. The van der Waals surface area contributed by atoms with Crippen molar-refractivity contribution in [2.75, 3.05) is 11.0 Å². The number of hydrogen-bond donors (Lipinski definition) is 2. The van der Waals surface area contributed by atoms with Crippen molar-refractivity contribution in [1.82, 2.24) is 44.4 Å². The number of rotatable bonds is 13. The van der Waals surface area contributed by atoms with E-state index in [0.29, 0.717) is 44.6 Å². The molecule has 0 spiro atoms. The molecule has 64 heavy (non-hydrogen) atoms. The summed E-state index contributed by atoms with van der Waals surface area (Å²) in [5.41, 5.74) is -7.13. The number of aromatic nitrogens is 8. The van der Waals surface area contributed by atoms with Gasteiger partial charge in [-0.2, -0.15) is 32.1 Å². The quantitative estimate of drug-likeness (QED) is 0.115. The minimum absolute atomic E-state index is 0.112. The van der Waals surface area contributed by atoms with Gasteiger partial charge >= 0.3 is 6.18 Å². The third kappa shape index (κ3) is 8.34. The lowest BCUT2D eigenvalue weighted by molar-refractivity contribution is -0.141. The number of nitrogens with one attached hydrogen (secondary N) is 2. The molecule has 0 aliphatic heterocycles. The molecular formula is C37H26ClF11N10O4S. The Bertz CT molecular complexity index is 3030. The number of nitrogens with zero attached hydrogens (tertiary/aromatic N) is 8. The van der Waals surface area contributed by atoms with Crippen molar-refractivity contribution in [3.8, 4) is 17.2 Å². The number of sulfonamides is 1. The molecule has 0 saturated heterocycles. The van der Waals surface area contributed by atoms with Crippen LogP contribution in [0.5, 0.6) is 0 Å². The Morgan fingerprint density at radius 3 is 2.34 bits per heavy atom. The maximum absolute atomic E-state index is 15.5. The topological polar surface area (TPSA) is 172 Å². The molecule has 2 N–H and O–H groups in total. The van der Waals surface area contributed by atoms with Gasteiger partial charge in [-0.1, -0.05) is 11.6 Å². The van der Waals surface area contributed by atoms with Gasteiger partial charge in [-0.05, 0) is 48.2 Å². The molecule has 338 valence electrons. The SMILES string of the molecule is CS(=O)(=O)Nc1nn(CC(F)F)c2c(-n3c([C@H](Cc4cc(F)cc(F)c4)NC(=O)Cn4nc(C(F)F)c5c4C(F)(F)[C@@H]4C[C@H]54)nc(-c4nccc(C(F)(F)F)n4)cc3=O)ccc(Cl)c12. The molecule has 2 aliphatic rings. The van der Waals surface area contributed by atoms with Gasteiger partial charge in [-0.25, -0.2) is 49.7 Å². The Hall–Kier alpha value is -6.18. The minimum atomic E-state index is -5.06. The van der Waals surface area contributed by atoms with E-state index in [1.807, 2.05) is 4.72 Å².